The standard InChI is InChI=1S/C12H13FN2O3S/c13-8-1-3-9(4-2-8)15-11-7-19(17,18)6-10(11)14-5-12(15)16/h1-4,10-11,14H,5-7H2. The fourth-order valence-electron chi connectivity index (χ4n) is 2.70. The van der Waals surface area contributed by atoms with Crippen LogP contribution in [0, 0.1) is 5.82 Å². The maximum absolute atomic E-state index is 12.9. The van der Waals surface area contributed by atoms with Gasteiger partial charge < -0.3 is 10.2 Å². The summed E-state index contributed by atoms with van der Waals surface area (Å²) >= 11 is 0. The number of fused-ring (bicyclic) bond motifs is 1. The molecular weight excluding hydrogens is 271 g/mol. The zero-order chi connectivity index (χ0) is 13.6. The summed E-state index contributed by atoms with van der Waals surface area (Å²) in [6.07, 6.45) is 0. The Morgan fingerprint density at radius 2 is 1.89 bits per heavy atom. The van der Waals surface area contributed by atoms with Gasteiger partial charge in [-0.15, -0.1) is 0 Å². The monoisotopic (exact) mass is 284 g/mol. The second-order valence-corrected chi connectivity index (χ2v) is 7.03. The molecule has 0 saturated carbocycles. The minimum absolute atomic E-state index is 0.0443. The van der Waals surface area contributed by atoms with Gasteiger partial charge in [0.05, 0.1) is 24.1 Å². The largest absolute Gasteiger partial charge is 0.306 e. The van der Waals surface area contributed by atoms with Gasteiger partial charge in [0.25, 0.3) is 0 Å². The molecule has 1 N–H and O–H groups in total. The number of nitrogens with zero attached hydrogens (tertiary/aromatic N) is 1. The highest BCUT2D eigenvalue weighted by molar-refractivity contribution is 7.91. The summed E-state index contributed by atoms with van der Waals surface area (Å²) in [5.41, 5.74) is 0.542. The normalized spacial score (nSPS) is 29.3. The minimum atomic E-state index is -3.13. The molecule has 7 heteroatoms. The molecule has 5 nitrogen and oxygen atoms in total. The van der Waals surface area contributed by atoms with Crippen LogP contribution in [0.25, 0.3) is 0 Å². The van der Waals surface area contributed by atoms with E-state index >= 15 is 0 Å². The van der Waals surface area contributed by atoms with Crippen LogP contribution < -0.4 is 10.2 Å². The Labute approximate surface area is 110 Å². The molecule has 102 valence electrons. The molecule has 2 heterocycles. The highest BCUT2D eigenvalue weighted by Crippen LogP contribution is 2.27. The molecule has 0 spiro atoms. The second kappa shape index (κ2) is 4.28. The Balaban J connectivity index is 1.98. The molecule has 0 radical (unpaired) electrons. The Morgan fingerprint density at radius 3 is 2.58 bits per heavy atom. The van der Waals surface area contributed by atoms with Crippen LogP contribution in [-0.2, 0) is 14.6 Å². The number of hydrogen-bond acceptors (Lipinski definition) is 4. The van der Waals surface area contributed by atoms with E-state index in [-0.39, 0.29) is 35.8 Å². The summed E-state index contributed by atoms with van der Waals surface area (Å²) < 4.78 is 36.3. The molecule has 2 atom stereocenters. The first kappa shape index (κ1) is 12.6. The van der Waals surface area contributed by atoms with Crippen molar-refractivity contribution in [1.29, 1.82) is 0 Å². The number of carbonyl (C=O) groups excluding carboxylic acids is 1. The third-order valence-electron chi connectivity index (χ3n) is 3.54. The Bertz CT molecular complexity index is 614. The van der Waals surface area contributed by atoms with Crippen molar-refractivity contribution in [1.82, 2.24) is 5.32 Å². The predicted octanol–water partition coefficient (Wildman–Crippen LogP) is -0.0725. The lowest BCUT2D eigenvalue weighted by molar-refractivity contribution is -0.119. The first-order valence-corrected chi connectivity index (χ1v) is 7.80. The number of rotatable bonds is 1. The van der Waals surface area contributed by atoms with E-state index in [1.807, 2.05) is 0 Å². The van der Waals surface area contributed by atoms with Crippen molar-refractivity contribution in [3.05, 3.63) is 30.1 Å². The smallest absolute Gasteiger partial charge is 0.241 e. The fourth-order valence-corrected chi connectivity index (χ4v) is 4.63. The van der Waals surface area contributed by atoms with Crippen molar-refractivity contribution in [3.63, 3.8) is 0 Å². The lowest BCUT2D eigenvalue weighted by Gasteiger charge is -2.37. The third-order valence-corrected chi connectivity index (χ3v) is 5.26. The van der Waals surface area contributed by atoms with E-state index in [0.717, 1.165) is 0 Å². The van der Waals surface area contributed by atoms with Crippen LogP contribution in [0.1, 0.15) is 0 Å². The molecule has 2 fully saturated rings. The maximum Gasteiger partial charge on any atom is 0.241 e. The van der Waals surface area contributed by atoms with Crippen LogP contribution in [0.3, 0.4) is 0 Å². The van der Waals surface area contributed by atoms with Crippen LogP contribution in [0.2, 0.25) is 0 Å². The van der Waals surface area contributed by atoms with Crippen molar-refractivity contribution in [2.75, 3.05) is 23.0 Å². The summed E-state index contributed by atoms with van der Waals surface area (Å²) in [6.45, 7) is 0.105. The van der Waals surface area contributed by atoms with Crippen molar-refractivity contribution >= 4 is 21.4 Å². The molecule has 2 aliphatic heterocycles. The van der Waals surface area contributed by atoms with Crippen LogP contribution in [0.15, 0.2) is 24.3 Å². The van der Waals surface area contributed by atoms with Gasteiger partial charge in [-0.2, -0.15) is 0 Å². The van der Waals surface area contributed by atoms with E-state index in [1.165, 1.54) is 29.2 Å². The predicted molar refractivity (Wildman–Crippen MR) is 68.1 cm³/mol. The SMILES string of the molecule is O=C1CNC2CS(=O)(=O)CC2N1c1ccc(F)cc1. The average Bonchev–Trinajstić information content (AvgIpc) is 2.65. The van der Waals surface area contributed by atoms with Gasteiger partial charge in [0.15, 0.2) is 9.84 Å². The zero-order valence-corrected chi connectivity index (χ0v) is 10.9. The van der Waals surface area contributed by atoms with E-state index in [0.29, 0.717) is 5.69 Å². The fraction of sp³-hybridized carbons (Fsp3) is 0.417. The van der Waals surface area contributed by atoms with Crippen LogP contribution >= 0.6 is 0 Å². The lowest BCUT2D eigenvalue weighted by atomic mass is 10.1. The van der Waals surface area contributed by atoms with Gasteiger partial charge in [0, 0.05) is 11.7 Å². The van der Waals surface area contributed by atoms with Gasteiger partial charge in [0.2, 0.25) is 5.91 Å². The number of amides is 1. The van der Waals surface area contributed by atoms with E-state index in [4.69, 9.17) is 0 Å². The molecule has 1 aromatic carbocycles. The minimum Gasteiger partial charge on any atom is -0.306 e. The van der Waals surface area contributed by atoms with Crippen LogP contribution in [-0.4, -0.2) is 44.5 Å². The average molecular weight is 284 g/mol. The number of halogens is 1. The van der Waals surface area contributed by atoms with E-state index in [1.54, 1.807) is 0 Å². The number of hydrogen-bond donors (Lipinski definition) is 1. The first-order chi connectivity index (χ1) is 8.96. The van der Waals surface area contributed by atoms with Crippen molar-refractivity contribution in [2.24, 2.45) is 0 Å². The second-order valence-electron chi connectivity index (χ2n) is 4.87. The van der Waals surface area contributed by atoms with Gasteiger partial charge in [0.1, 0.15) is 5.82 Å². The Morgan fingerprint density at radius 1 is 1.21 bits per heavy atom. The molecular formula is C12H13FN2O3S. The number of piperazine rings is 1. The number of sulfone groups is 1. The number of carbonyl (C=O) groups is 1. The topological polar surface area (TPSA) is 66.5 Å². The summed E-state index contributed by atoms with van der Waals surface area (Å²) in [5.74, 6) is -0.581. The molecule has 0 aromatic heterocycles. The van der Waals surface area contributed by atoms with Gasteiger partial charge >= 0.3 is 0 Å². The third kappa shape index (κ3) is 2.23. The van der Waals surface area contributed by atoms with E-state index in [2.05, 4.69) is 5.32 Å². The van der Waals surface area contributed by atoms with Crippen molar-refractivity contribution < 1.29 is 17.6 Å². The lowest BCUT2D eigenvalue weighted by Crippen LogP contribution is -2.60. The molecule has 0 aliphatic carbocycles. The molecule has 0 bridgehead atoms. The van der Waals surface area contributed by atoms with Crippen molar-refractivity contribution in [3.8, 4) is 0 Å². The Hall–Kier alpha value is -1.47. The molecule has 19 heavy (non-hydrogen) atoms. The summed E-state index contributed by atoms with van der Waals surface area (Å²) in [7, 11) is -3.13. The first-order valence-electron chi connectivity index (χ1n) is 5.98. The Kier molecular flexibility index (Phi) is 2.83. The maximum atomic E-state index is 12.9. The molecule has 2 unspecified atom stereocenters. The quantitative estimate of drug-likeness (QED) is 0.784. The molecule has 2 saturated heterocycles. The summed E-state index contributed by atoms with van der Waals surface area (Å²) in [5, 5.41) is 2.95. The summed E-state index contributed by atoms with van der Waals surface area (Å²) in [4.78, 5) is 13.5. The van der Waals surface area contributed by atoms with Crippen LogP contribution in [0.5, 0.6) is 0 Å². The van der Waals surface area contributed by atoms with Gasteiger partial charge in [-0.1, -0.05) is 0 Å². The van der Waals surface area contributed by atoms with Crippen molar-refractivity contribution in [2.45, 2.75) is 12.1 Å². The number of benzene rings is 1. The van der Waals surface area contributed by atoms with Crippen LogP contribution in [0.4, 0.5) is 10.1 Å². The number of nitrogens with one attached hydrogen (secondary N) is 1. The highest BCUT2D eigenvalue weighted by Gasteiger charge is 2.45. The molecule has 3 rings (SSSR count). The molecule has 2 aliphatic rings. The van der Waals surface area contributed by atoms with Gasteiger partial charge in [-0.3, -0.25) is 4.79 Å². The highest BCUT2D eigenvalue weighted by atomic mass is 32.2. The van der Waals surface area contributed by atoms with E-state index in [9.17, 15) is 17.6 Å². The van der Waals surface area contributed by atoms with Gasteiger partial charge in [-0.05, 0) is 24.3 Å². The van der Waals surface area contributed by atoms with E-state index < -0.39 is 15.9 Å². The van der Waals surface area contributed by atoms with Gasteiger partial charge in [-0.25, -0.2) is 12.8 Å². The molecule has 1 amide bonds. The summed E-state index contributed by atoms with van der Waals surface area (Å²) in [6, 6.07) is 4.89. The molecule has 1 aromatic rings. The number of anilines is 1. The zero-order valence-electron chi connectivity index (χ0n) is 10.0.